The molecular weight excluding hydrogens is 473 g/mol. The van der Waals surface area contributed by atoms with Crippen LogP contribution in [0.3, 0.4) is 0 Å². The number of fused-ring (bicyclic) bond motifs is 1. The fourth-order valence-electron chi connectivity index (χ4n) is 5.84. The van der Waals surface area contributed by atoms with Crippen molar-refractivity contribution < 1.29 is 23.8 Å². The van der Waals surface area contributed by atoms with Crippen LogP contribution < -0.4 is 5.32 Å². The van der Waals surface area contributed by atoms with Crippen LogP contribution in [0.15, 0.2) is 36.5 Å². The highest BCUT2D eigenvalue weighted by Crippen LogP contribution is 2.37. The summed E-state index contributed by atoms with van der Waals surface area (Å²) in [6.07, 6.45) is 11.2. The number of hydrogen-bond acceptors (Lipinski definition) is 6. The molecule has 4 heterocycles. The van der Waals surface area contributed by atoms with E-state index in [9.17, 15) is 14.3 Å². The maximum absolute atomic E-state index is 14.2. The average molecular weight is 512 g/mol. The van der Waals surface area contributed by atoms with Gasteiger partial charge in [0.2, 0.25) is 0 Å². The summed E-state index contributed by atoms with van der Waals surface area (Å²) >= 11 is 0. The van der Waals surface area contributed by atoms with Crippen LogP contribution in [0.25, 0.3) is 0 Å². The molecule has 3 aliphatic rings. The number of rotatable bonds is 11. The van der Waals surface area contributed by atoms with Crippen molar-refractivity contribution in [3.8, 4) is 0 Å². The quantitative estimate of drug-likeness (QED) is 0.397. The second-order valence-electron chi connectivity index (χ2n) is 10.6. The smallest absolute Gasteiger partial charge is 0.325 e. The number of ether oxygens (including phenoxy) is 2. The van der Waals surface area contributed by atoms with Gasteiger partial charge in [0.05, 0.1) is 12.2 Å². The van der Waals surface area contributed by atoms with Crippen molar-refractivity contribution in [1.29, 1.82) is 0 Å². The zero-order valence-electron chi connectivity index (χ0n) is 21.4. The van der Waals surface area contributed by atoms with Crippen molar-refractivity contribution in [3.05, 3.63) is 59.0 Å². The highest BCUT2D eigenvalue weighted by Gasteiger charge is 2.39. The van der Waals surface area contributed by atoms with Crippen LogP contribution in [0.5, 0.6) is 0 Å². The van der Waals surface area contributed by atoms with Gasteiger partial charge < -0.3 is 19.9 Å². The van der Waals surface area contributed by atoms with Crippen molar-refractivity contribution in [1.82, 2.24) is 9.88 Å². The average Bonchev–Trinajstić information content (AvgIpc) is 2.89. The van der Waals surface area contributed by atoms with Gasteiger partial charge in [-0.3, -0.25) is 9.69 Å². The molecule has 3 aliphatic heterocycles. The second kappa shape index (κ2) is 12.3. The summed E-state index contributed by atoms with van der Waals surface area (Å²) in [5, 5.41) is 13.6. The fraction of sp³-hybridized carbons (Fsp3) is 0.586. The Balaban J connectivity index is 1.04. The number of likely N-dealkylation sites (tertiary alicyclic amines) is 1. The van der Waals surface area contributed by atoms with Crippen molar-refractivity contribution in [2.24, 2.45) is 0 Å². The van der Waals surface area contributed by atoms with Crippen LogP contribution in [-0.2, 0) is 20.7 Å². The van der Waals surface area contributed by atoms with Gasteiger partial charge in [0, 0.05) is 38.5 Å². The molecular formula is C29H38FN3O4. The van der Waals surface area contributed by atoms with Crippen LogP contribution in [0.4, 0.5) is 10.2 Å². The number of nitrogens with one attached hydrogen (secondary N) is 1. The van der Waals surface area contributed by atoms with Crippen molar-refractivity contribution in [2.75, 3.05) is 31.6 Å². The second-order valence-corrected chi connectivity index (χ2v) is 10.6. The topological polar surface area (TPSA) is 83.9 Å². The van der Waals surface area contributed by atoms with E-state index in [1.165, 1.54) is 17.7 Å². The first kappa shape index (κ1) is 26.1. The molecule has 2 unspecified atom stereocenters. The number of pyridine rings is 1. The molecule has 3 atom stereocenters. The number of hydrogen-bond donors (Lipinski definition) is 2. The maximum atomic E-state index is 14.2. The molecule has 2 aromatic rings. The van der Waals surface area contributed by atoms with E-state index in [0.717, 1.165) is 69.2 Å². The summed E-state index contributed by atoms with van der Waals surface area (Å²) in [5.41, 5.74) is 2.61. The number of benzene rings is 1. The number of carbonyl (C=O) groups is 1. The van der Waals surface area contributed by atoms with Crippen molar-refractivity contribution in [2.45, 2.75) is 82.1 Å². The summed E-state index contributed by atoms with van der Waals surface area (Å²) in [5.74, 6) is -0.346. The normalized spacial score (nSPS) is 23.1. The summed E-state index contributed by atoms with van der Waals surface area (Å²) in [7, 11) is 0. The number of unbranched alkanes of at least 4 members (excludes halogenated alkanes) is 2. The maximum Gasteiger partial charge on any atom is 0.325 e. The molecule has 1 aromatic heterocycles. The monoisotopic (exact) mass is 511 g/mol. The number of aliphatic carboxylic acids is 1. The van der Waals surface area contributed by atoms with E-state index >= 15 is 0 Å². The van der Waals surface area contributed by atoms with Crippen molar-refractivity contribution in [3.63, 3.8) is 0 Å². The molecule has 0 bridgehead atoms. The number of carboxylic acid groups (broad SMARTS) is 1. The van der Waals surface area contributed by atoms with Gasteiger partial charge >= 0.3 is 5.97 Å². The van der Waals surface area contributed by atoms with E-state index in [-0.39, 0.29) is 12.2 Å². The number of halogens is 1. The predicted molar refractivity (Wildman–Crippen MR) is 139 cm³/mol. The fourth-order valence-corrected chi connectivity index (χ4v) is 5.84. The van der Waals surface area contributed by atoms with Gasteiger partial charge in [0.15, 0.2) is 0 Å². The highest BCUT2D eigenvalue weighted by molar-refractivity contribution is 5.76. The molecule has 0 aliphatic carbocycles. The summed E-state index contributed by atoms with van der Waals surface area (Å²) in [6, 6.07) is 8.21. The van der Waals surface area contributed by atoms with E-state index < -0.39 is 17.8 Å². The van der Waals surface area contributed by atoms with Crippen LogP contribution >= 0.6 is 0 Å². The van der Waals surface area contributed by atoms with E-state index in [4.69, 9.17) is 9.47 Å². The molecule has 7 nitrogen and oxygen atoms in total. The number of aryl methyl sites for hydroxylation is 1. The molecule has 2 N–H and O–H groups in total. The predicted octanol–water partition coefficient (Wildman–Crippen LogP) is 5.28. The van der Waals surface area contributed by atoms with E-state index in [2.05, 4.69) is 16.4 Å². The van der Waals surface area contributed by atoms with Crippen LogP contribution in [0.2, 0.25) is 0 Å². The van der Waals surface area contributed by atoms with Crippen molar-refractivity contribution >= 4 is 11.8 Å². The Labute approximate surface area is 218 Å². The van der Waals surface area contributed by atoms with Crippen LogP contribution in [0.1, 0.15) is 80.2 Å². The van der Waals surface area contributed by atoms with Gasteiger partial charge in [0.1, 0.15) is 17.7 Å². The van der Waals surface area contributed by atoms with Crippen LogP contribution in [-0.4, -0.2) is 59.4 Å². The first-order valence-electron chi connectivity index (χ1n) is 13.8. The Morgan fingerprint density at radius 3 is 2.92 bits per heavy atom. The first-order chi connectivity index (χ1) is 18.1. The van der Waals surface area contributed by atoms with Gasteiger partial charge in [-0.15, -0.1) is 0 Å². The minimum absolute atomic E-state index is 0.0207. The molecule has 1 aromatic carbocycles. The minimum atomic E-state index is -0.963. The largest absolute Gasteiger partial charge is 0.480 e. The lowest BCUT2D eigenvalue weighted by atomic mass is 9.90. The summed E-state index contributed by atoms with van der Waals surface area (Å²) < 4.78 is 26.1. The van der Waals surface area contributed by atoms with Gasteiger partial charge in [0.25, 0.3) is 0 Å². The molecule has 37 heavy (non-hydrogen) atoms. The molecule has 0 saturated carbocycles. The lowest BCUT2D eigenvalue weighted by Gasteiger charge is -2.43. The molecule has 8 heteroatoms. The lowest BCUT2D eigenvalue weighted by Crippen LogP contribution is -2.55. The Hall–Kier alpha value is -2.55. The SMILES string of the molecule is O=C(O)C(c1cc(F)ccc1[C@@H]1CCCCO1)N1CC(OCCCCCC2CCc3cccnc3N2)C1. The number of nitrogens with zero attached hydrogens (tertiary/aromatic N) is 2. The minimum Gasteiger partial charge on any atom is -0.480 e. The third-order valence-corrected chi connectivity index (χ3v) is 7.89. The molecule has 0 radical (unpaired) electrons. The zero-order valence-corrected chi connectivity index (χ0v) is 21.4. The number of carboxylic acids is 1. The molecule has 200 valence electrons. The van der Waals surface area contributed by atoms with Gasteiger partial charge in [-0.25, -0.2) is 9.37 Å². The Kier molecular flexibility index (Phi) is 8.69. The van der Waals surface area contributed by atoms with E-state index in [0.29, 0.717) is 37.9 Å². The lowest BCUT2D eigenvalue weighted by molar-refractivity contribution is -0.151. The third kappa shape index (κ3) is 6.48. The standard InChI is InChI=1S/C29H38FN3O4/c30-21-11-13-24(26-9-3-5-16-37-26)25(17-21)27(29(34)35)33-18-23(19-33)36-15-4-1-2-8-22-12-10-20-7-6-14-31-28(20)32-22/h6-7,11,13-14,17,22-23,26-27H,1-5,8-10,12,15-16,18-19H2,(H,31,32)(H,34,35)/t22?,26-,27?/m0/s1. The molecule has 2 fully saturated rings. The summed E-state index contributed by atoms with van der Waals surface area (Å²) in [4.78, 5) is 18.6. The highest BCUT2D eigenvalue weighted by atomic mass is 19.1. The molecule has 0 amide bonds. The molecule has 5 rings (SSSR count). The van der Waals surface area contributed by atoms with E-state index in [1.54, 1.807) is 6.07 Å². The third-order valence-electron chi connectivity index (χ3n) is 7.89. The van der Waals surface area contributed by atoms with Gasteiger partial charge in [-0.1, -0.05) is 25.0 Å². The van der Waals surface area contributed by atoms with E-state index in [1.807, 2.05) is 17.2 Å². The first-order valence-corrected chi connectivity index (χ1v) is 13.8. The Morgan fingerprint density at radius 1 is 1.22 bits per heavy atom. The molecule has 0 spiro atoms. The van der Waals surface area contributed by atoms with Gasteiger partial charge in [-0.2, -0.15) is 0 Å². The summed E-state index contributed by atoms with van der Waals surface area (Å²) in [6.45, 7) is 2.41. The molecule has 2 saturated heterocycles. The number of aromatic nitrogens is 1. The zero-order chi connectivity index (χ0) is 25.6. The Bertz CT molecular complexity index is 1060. The number of anilines is 1. The Morgan fingerprint density at radius 2 is 2.11 bits per heavy atom. The van der Waals surface area contributed by atoms with Gasteiger partial charge in [-0.05, 0) is 79.8 Å². The van der Waals surface area contributed by atoms with Crippen LogP contribution in [0, 0.1) is 5.82 Å².